The molecule has 1 aliphatic rings. The minimum Gasteiger partial charge on any atom is -0.493 e. The minimum atomic E-state index is -0.836. The molecule has 0 radical (unpaired) electrons. The molecule has 0 atom stereocenters. The molecule has 6 nitrogen and oxygen atoms in total. The molecule has 0 bridgehead atoms. The molecule has 1 aliphatic heterocycles. The highest BCUT2D eigenvalue weighted by atomic mass is 19.2. The number of piperidine rings is 1. The maximum absolute atomic E-state index is 14.0. The highest BCUT2D eigenvalue weighted by Crippen LogP contribution is 2.34. The van der Waals surface area contributed by atoms with Gasteiger partial charge in [0.2, 0.25) is 0 Å². The van der Waals surface area contributed by atoms with Crippen LogP contribution in [0.3, 0.4) is 0 Å². The van der Waals surface area contributed by atoms with Crippen molar-refractivity contribution < 1.29 is 27.8 Å². The molecule has 0 aliphatic carbocycles. The van der Waals surface area contributed by atoms with Crippen molar-refractivity contribution in [1.82, 2.24) is 4.90 Å². The lowest BCUT2D eigenvalue weighted by molar-refractivity contribution is -0.122. The Bertz CT molecular complexity index is 901. The van der Waals surface area contributed by atoms with Gasteiger partial charge in [-0.25, -0.2) is 8.78 Å². The lowest BCUT2D eigenvalue weighted by Crippen LogP contribution is -2.48. The Kier molecular flexibility index (Phi) is 7.81. The molecule has 1 saturated heterocycles. The van der Waals surface area contributed by atoms with Gasteiger partial charge in [-0.2, -0.15) is 0 Å². The number of anilines is 1. The van der Waals surface area contributed by atoms with Gasteiger partial charge in [-0.3, -0.25) is 9.69 Å². The molecule has 0 N–H and O–H groups in total. The predicted octanol–water partition coefficient (Wildman–Crippen LogP) is 3.63. The highest BCUT2D eigenvalue weighted by molar-refractivity contribution is 5.95. The summed E-state index contributed by atoms with van der Waals surface area (Å²) in [6, 6.07) is 9.56. The highest BCUT2D eigenvalue weighted by Gasteiger charge is 2.30. The second kappa shape index (κ2) is 10.5. The molecule has 0 spiro atoms. The second-order valence-electron chi connectivity index (χ2n) is 7.46. The third-order valence-electron chi connectivity index (χ3n) is 5.53. The van der Waals surface area contributed by atoms with Crippen LogP contribution in [-0.2, 0) is 16.1 Å². The molecule has 1 heterocycles. The third-order valence-corrected chi connectivity index (χ3v) is 5.53. The van der Waals surface area contributed by atoms with E-state index in [1.807, 2.05) is 6.07 Å². The largest absolute Gasteiger partial charge is 0.493 e. The standard InChI is InChI=1S/C23H28F2N2O4/c1-29-15-22(28)27(18-7-8-20(30-2)21(13-18)31-3)17-9-11-26(12-10-17)14-16-5-4-6-19(24)23(16)25/h4-8,13,17H,9-12,14-15H2,1-3H3. The van der Waals surface area contributed by atoms with Gasteiger partial charge in [0.15, 0.2) is 23.1 Å². The Morgan fingerprint density at radius 3 is 2.42 bits per heavy atom. The van der Waals surface area contributed by atoms with Crippen LogP contribution in [0.5, 0.6) is 11.5 Å². The van der Waals surface area contributed by atoms with Gasteiger partial charge in [0.05, 0.1) is 14.2 Å². The third kappa shape index (κ3) is 5.32. The average molecular weight is 434 g/mol. The number of benzene rings is 2. The number of rotatable bonds is 8. The van der Waals surface area contributed by atoms with Gasteiger partial charge in [0.1, 0.15) is 6.61 Å². The number of likely N-dealkylation sites (tertiary alicyclic amines) is 1. The van der Waals surface area contributed by atoms with Gasteiger partial charge in [-0.15, -0.1) is 0 Å². The summed E-state index contributed by atoms with van der Waals surface area (Å²) in [4.78, 5) is 16.7. The van der Waals surface area contributed by atoms with Crippen LogP contribution < -0.4 is 14.4 Å². The van der Waals surface area contributed by atoms with Gasteiger partial charge < -0.3 is 19.1 Å². The first-order chi connectivity index (χ1) is 15.0. The van der Waals surface area contributed by atoms with Gasteiger partial charge in [-0.1, -0.05) is 12.1 Å². The fourth-order valence-corrected chi connectivity index (χ4v) is 3.97. The van der Waals surface area contributed by atoms with Crippen LogP contribution in [0.25, 0.3) is 0 Å². The molecule has 1 fully saturated rings. The monoisotopic (exact) mass is 434 g/mol. The molecule has 31 heavy (non-hydrogen) atoms. The first kappa shape index (κ1) is 23.0. The van der Waals surface area contributed by atoms with E-state index in [0.717, 1.165) is 6.07 Å². The molecule has 0 aromatic heterocycles. The minimum absolute atomic E-state index is 0.0386. The fraction of sp³-hybridized carbons (Fsp3) is 0.435. The molecule has 2 aromatic rings. The van der Waals surface area contributed by atoms with E-state index in [1.54, 1.807) is 37.3 Å². The van der Waals surface area contributed by atoms with Crippen LogP contribution in [0.15, 0.2) is 36.4 Å². The maximum Gasteiger partial charge on any atom is 0.253 e. The molecule has 1 amide bonds. The molecule has 168 valence electrons. The quantitative estimate of drug-likeness (QED) is 0.635. The SMILES string of the molecule is COCC(=O)N(c1ccc(OC)c(OC)c1)C1CCN(Cc2cccc(F)c2F)CC1. The molecular weight excluding hydrogens is 406 g/mol. The summed E-state index contributed by atoms with van der Waals surface area (Å²) >= 11 is 0. The number of carbonyl (C=O) groups is 1. The summed E-state index contributed by atoms with van der Waals surface area (Å²) in [6.45, 7) is 1.61. The van der Waals surface area contributed by atoms with Crippen molar-refractivity contribution in [2.24, 2.45) is 0 Å². The van der Waals surface area contributed by atoms with E-state index < -0.39 is 11.6 Å². The number of hydrogen-bond donors (Lipinski definition) is 0. The summed E-state index contributed by atoms with van der Waals surface area (Å²) in [5, 5.41) is 0. The summed E-state index contributed by atoms with van der Waals surface area (Å²) in [6.07, 6.45) is 1.39. The van der Waals surface area contributed by atoms with E-state index in [1.165, 1.54) is 13.2 Å². The Hall–Kier alpha value is -2.71. The molecule has 0 saturated carbocycles. The van der Waals surface area contributed by atoms with E-state index in [-0.39, 0.29) is 18.6 Å². The van der Waals surface area contributed by atoms with Gasteiger partial charge >= 0.3 is 0 Å². The number of ether oxygens (including phenoxy) is 3. The van der Waals surface area contributed by atoms with E-state index in [0.29, 0.717) is 55.2 Å². The first-order valence-electron chi connectivity index (χ1n) is 10.2. The van der Waals surface area contributed by atoms with Crippen LogP contribution in [0.4, 0.5) is 14.5 Å². The zero-order chi connectivity index (χ0) is 22.4. The zero-order valence-electron chi connectivity index (χ0n) is 18.1. The molecule has 8 heteroatoms. The normalized spacial score (nSPS) is 15.0. The molecule has 2 aromatic carbocycles. The van der Waals surface area contributed by atoms with Crippen LogP contribution >= 0.6 is 0 Å². The summed E-state index contributed by atoms with van der Waals surface area (Å²) < 4.78 is 43.3. The van der Waals surface area contributed by atoms with Crippen molar-refractivity contribution in [3.63, 3.8) is 0 Å². The number of nitrogens with zero attached hydrogens (tertiary/aromatic N) is 2. The maximum atomic E-state index is 14.0. The van der Waals surface area contributed by atoms with Crippen molar-refractivity contribution in [1.29, 1.82) is 0 Å². The van der Waals surface area contributed by atoms with Crippen molar-refractivity contribution in [2.45, 2.75) is 25.4 Å². The zero-order valence-corrected chi connectivity index (χ0v) is 18.1. The lowest BCUT2D eigenvalue weighted by atomic mass is 10.0. The fourth-order valence-electron chi connectivity index (χ4n) is 3.97. The number of carbonyl (C=O) groups excluding carboxylic acids is 1. The molecule has 3 rings (SSSR count). The first-order valence-corrected chi connectivity index (χ1v) is 10.2. The average Bonchev–Trinajstić information content (AvgIpc) is 2.78. The molecule has 0 unspecified atom stereocenters. The number of hydrogen-bond acceptors (Lipinski definition) is 5. The van der Waals surface area contributed by atoms with E-state index in [2.05, 4.69) is 4.90 Å². The van der Waals surface area contributed by atoms with E-state index in [4.69, 9.17) is 14.2 Å². The number of amides is 1. The number of methoxy groups -OCH3 is 3. The number of halogens is 2. The van der Waals surface area contributed by atoms with Crippen molar-refractivity contribution >= 4 is 11.6 Å². The topological polar surface area (TPSA) is 51.2 Å². The van der Waals surface area contributed by atoms with Crippen LogP contribution in [0, 0.1) is 11.6 Å². The lowest BCUT2D eigenvalue weighted by Gasteiger charge is -2.38. The summed E-state index contributed by atoms with van der Waals surface area (Å²) in [7, 11) is 4.59. The van der Waals surface area contributed by atoms with Crippen molar-refractivity contribution in [2.75, 3.05) is 45.9 Å². The Labute approximate surface area is 181 Å². The van der Waals surface area contributed by atoms with Gasteiger partial charge in [-0.05, 0) is 31.0 Å². The van der Waals surface area contributed by atoms with Crippen LogP contribution in [0.2, 0.25) is 0 Å². The van der Waals surface area contributed by atoms with Gasteiger partial charge in [0.25, 0.3) is 5.91 Å². The Morgan fingerprint density at radius 2 is 1.77 bits per heavy atom. The molecular formula is C23H28F2N2O4. The van der Waals surface area contributed by atoms with Crippen molar-refractivity contribution in [3.8, 4) is 11.5 Å². The van der Waals surface area contributed by atoms with E-state index >= 15 is 0 Å². The Morgan fingerprint density at radius 1 is 1.06 bits per heavy atom. The second-order valence-corrected chi connectivity index (χ2v) is 7.46. The summed E-state index contributed by atoms with van der Waals surface area (Å²) in [5.74, 6) is -0.667. The van der Waals surface area contributed by atoms with Crippen molar-refractivity contribution in [3.05, 3.63) is 53.6 Å². The smallest absolute Gasteiger partial charge is 0.253 e. The summed E-state index contributed by atoms with van der Waals surface area (Å²) in [5.41, 5.74) is 1.04. The van der Waals surface area contributed by atoms with Crippen LogP contribution in [0.1, 0.15) is 18.4 Å². The Balaban J connectivity index is 1.75. The van der Waals surface area contributed by atoms with E-state index in [9.17, 15) is 13.6 Å². The predicted molar refractivity (Wildman–Crippen MR) is 114 cm³/mol. The van der Waals surface area contributed by atoms with Crippen LogP contribution in [-0.4, -0.2) is 57.9 Å². The van der Waals surface area contributed by atoms with Gasteiger partial charge in [0, 0.05) is 50.1 Å².